The van der Waals surface area contributed by atoms with Gasteiger partial charge in [0.25, 0.3) is 0 Å². The van der Waals surface area contributed by atoms with Gasteiger partial charge in [-0.25, -0.2) is 0 Å². The number of rotatable bonds is 6. The van der Waals surface area contributed by atoms with Gasteiger partial charge in [0.15, 0.2) is 7.14 Å². The van der Waals surface area contributed by atoms with E-state index in [-0.39, 0.29) is 46.2 Å². The predicted octanol–water partition coefficient (Wildman–Crippen LogP) is 19.3. The van der Waals surface area contributed by atoms with Gasteiger partial charge in [-0.15, -0.1) is 46.4 Å². The zero-order valence-corrected chi connectivity index (χ0v) is 44.2. The minimum atomic E-state index is -4.03. The van der Waals surface area contributed by atoms with Crippen LogP contribution >= 0.6 is 53.5 Å². The van der Waals surface area contributed by atoms with E-state index in [2.05, 4.69) is 237 Å². The molecule has 360 valence electrons. The molecular formula is C68H49Cl4OP. The quantitative estimate of drug-likeness (QED) is 0.120. The minimum Gasteiger partial charge on any atom is -0.309 e. The van der Waals surface area contributed by atoms with Crippen LogP contribution < -0.4 is 0 Å². The Labute approximate surface area is 453 Å². The summed E-state index contributed by atoms with van der Waals surface area (Å²) >= 11 is 19.1. The molecule has 0 aliphatic heterocycles. The van der Waals surface area contributed by atoms with Gasteiger partial charge in [0.1, 0.15) is 0 Å². The van der Waals surface area contributed by atoms with Gasteiger partial charge in [0.05, 0.1) is 10.7 Å². The highest BCUT2D eigenvalue weighted by Crippen LogP contribution is 2.86. The summed E-state index contributed by atoms with van der Waals surface area (Å²) in [7, 11) is -4.03. The molecule has 9 aliphatic carbocycles. The third kappa shape index (κ3) is 7.01. The van der Waals surface area contributed by atoms with E-state index in [0.717, 1.165) is 32.6 Å². The van der Waals surface area contributed by atoms with E-state index in [4.69, 9.17) is 46.4 Å². The van der Waals surface area contributed by atoms with Crippen LogP contribution in [0.4, 0.5) is 0 Å². The highest BCUT2D eigenvalue weighted by atomic mass is 35.5. The molecule has 0 fully saturated rings. The van der Waals surface area contributed by atoms with Crippen molar-refractivity contribution in [3.8, 4) is 0 Å². The van der Waals surface area contributed by atoms with Crippen LogP contribution in [0.3, 0.4) is 0 Å². The number of halogens is 4. The van der Waals surface area contributed by atoms with Crippen LogP contribution in [0.5, 0.6) is 0 Å². The van der Waals surface area contributed by atoms with Gasteiger partial charge >= 0.3 is 0 Å². The maximum absolute atomic E-state index is 20.1. The van der Waals surface area contributed by atoms with Crippen molar-refractivity contribution in [2.24, 2.45) is 0 Å². The molecule has 6 bridgehead atoms. The van der Waals surface area contributed by atoms with Crippen LogP contribution in [0.2, 0.25) is 0 Å². The number of benzene rings is 9. The van der Waals surface area contributed by atoms with Crippen molar-refractivity contribution < 1.29 is 4.57 Å². The Hall–Kier alpha value is -6.41. The zero-order valence-electron chi connectivity index (χ0n) is 40.3. The summed E-state index contributed by atoms with van der Waals surface area (Å²) in [5, 5.41) is 3.69. The second-order valence-electron chi connectivity index (χ2n) is 19.7. The van der Waals surface area contributed by atoms with Crippen LogP contribution in [0.1, 0.15) is 119 Å². The molecule has 9 aromatic rings. The SMILES string of the molecule is ClCCl.ClCCl.O=P(C1=C(c2ccccc2)C2c3ccccc3C1c1ccccc12)(C1=C(c2ccccc2)C2c3ccccc3C1c1ccccc12)C1=C(c2ccccc2)C2c3ccccc3C1c1ccccc12. The molecule has 1 nitrogen and oxygen atoms in total. The highest BCUT2D eigenvalue weighted by Gasteiger charge is 2.60. The standard InChI is InChI=1S/C66H45OP.2CH2Cl2/c67-68(64-55(40-22-4-1-5-23-40)58-43-28-10-16-34-49(43)61(64)50-35-17-11-29-44(50)58,65-56(41-24-6-2-7-25-41)59-45-30-12-18-36-51(45)62(65)52-37-19-13-31-46(52)59)66-57(42-26-8-3-9-27-42)60-47-32-14-20-38-53(47)63(66)54-39-21-15-33-48(54)60;2*2-1-3/h1-39,58-63H;2*1H2. The van der Waals surface area contributed by atoms with Crippen molar-refractivity contribution in [2.75, 3.05) is 10.7 Å². The molecule has 6 heteroatoms. The van der Waals surface area contributed by atoms with Crippen molar-refractivity contribution in [3.63, 3.8) is 0 Å². The Kier molecular flexibility index (Phi) is 12.4. The first-order chi connectivity index (χ1) is 36.5. The second-order valence-corrected chi connectivity index (χ2v) is 24.0. The van der Waals surface area contributed by atoms with Gasteiger partial charge in [-0.3, -0.25) is 0 Å². The molecule has 74 heavy (non-hydrogen) atoms. The summed E-state index contributed by atoms with van der Waals surface area (Å²) in [5.41, 5.74) is 22.7. The first kappa shape index (κ1) is 47.3. The molecule has 0 heterocycles. The van der Waals surface area contributed by atoms with Gasteiger partial charge < -0.3 is 4.57 Å². The molecular weight excluding hydrogens is 1010 g/mol. The molecule has 0 saturated carbocycles. The van der Waals surface area contributed by atoms with E-state index in [9.17, 15) is 0 Å². The summed E-state index contributed by atoms with van der Waals surface area (Å²) in [5.74, 6) is -1.08. The summed E-state index contributed by atoms with van der Waals surface area (Å²) in [6.45, 7) is 0. The number of hydrogen-bond acceptors (Lipinski definition) is 1. The van der Waals surface area contributed by atoms with Gasteiger partial charge in [-0.1, -0.05) is 237 Å². The van der Waals surface area contributed by atoms with Crippen molar-refractivity contribution >= 4 is 70.3 Å². The number of allylic oxidation sites excluding steroid dienone is 6. The summed E-state index contributed by atoms with van der Waals surface area (Å²) in [4.78, 5) is 0. The molecule has 0 amide bonds. The van der Waals surface area contributed by atoms with E-state index in [0.29, 0.717) is 0 Å². The van der Waals surface area contributed by atoms with Crippen LogP contribution in [0, 0.1) is 0 Å². The third-order valence-corrected chi connectivity index (χ3v) is 20.0. The Morgan fingerprint density at radius 1 is 0.243 bits per heavy atom. The lowest BCUT2D eigenvalue weighted by molar-refractivity contribution is 0.578. The third-order valence-electron chi connectivity index (χ3n) is 16.5. The lowest BCUT2D eigenvalue weighted by Gasteiger charge is -2.54. The minimum absolute atomic E-state index is 0.111. The van der Waals surface area contributed by atoms with Crippen LogP contribution in [0.25, 0.3) is 16.7 Å². The summed E-state index contributed by atoms with van der Waals surface area (Å²) in [6, 6.07) is 87.9. The molecule has 0 spiro atoms. The van der Waals surface area contributed by atoms with Gasteiger partial charge in [0.2, 0.25) is 0 Å². The van der Waals surface area contributed by atoms with Crippen molar-refractivity contribution in [3.05, 3.63) is 336 Å². The van der Waals surface area contributed by atoms with Gasteiger partial charge in [-0.05, 0) is 100 Å². The lowest BCUT2D eigenvalue weighted by atomic mass is 9.62. The first-order valence-corrected chi connectivity index (χ1v) is 29.2. The van der Waals surface area contributed by atoms with E-state index < -0.39 is 7.14 Å². The summed E-state index contributed by atoms with van der Waals surface area (Å²) in [6.07, 6.45) is 0. The first-order valence-electron chi connectivity index (χ1n) is 25.3. The maximum atomic E-state index is 20.1. The monoisotopic (exact) mass is 1050 g/mol. The Morgan fingerprint density at radius 2 is 0.392 bits per heavy atom. The Balaban J connectivity index is 0.000000843. The largest absolute Gasteiger partial charge is 0.309 e. The fraction of sp³-hybridized carbons (Fsp3) is 0.118. The molecule has 9 aromatic carbocycles. The summed E-state index contributed by atoms with van der Waals surface area (Å²) < 4.78 is 20.1. The molecule has 0 aromatic heterocycles. The topological polar surface area (TPSA) is 17.1 Å². The van der Waals surface area contributed by atoms with E-state index in [1.807, 2.05) is 0 Å². The van der Waals surface area contributed by atoms with Crippen LogP contribution in [-0.2, 0) is 4.57 Å². The molecule has 0 atom stereocenters. The number of alkyl halides is 4. The molecule has 0 saturated heterocycles. The zero-order chi connectivity index (χ0) is 50.1. The molecule has 9 aliphatic rings. The fourth-order valence-electron chi connectivity index (χ4n) is 14.2. The van der Waals surface area contributed by atoms with E-state index >= 15 is 4.57 Å². The van der Waals surface area contributed by atoms with Crippen molar-refractivity contribution in [1.29, 1.82) is 0 Å². The Morgan fingerprint density at radius 3 is 0.568 bits per heavy atom. The molecule has 0 N–H and O–H groups in total. The molecule has 18 rings (SSSR count). The van der Waals surface area contributed by atoms with Gasteiger partial charge in [-0.2, -0.15) is 0 Å². The van der Waals surface area contributed by atoms with Crippen LogP contribution in [-0.4, -0.2) is 10.7 Å². The van der Waals surface area contributed by atoms with Crippen molar-refractivity contribution in [1.82, 2.24) is 0 Å². The fourth-order valence-corrected chi connectivity index (χ4v) is 18.7. The van der Waals surface area contributed by atoms with Crippen LogP contribution in [0.15, 0.2) is 253 Å². The second kappa shape index (κ2) is 19.4. The normalized spacial score (nSPS) is 21.4. The average Bonchev–Trinajstić information content (AvgIpc) is 3.52. The van der Waals surface area contributed by atoms with Crippen molar-refractivity contribution in [2.45, 2.75) is 35.5 Å². The smallest absolute Gasteiger partial charge is 0.163 e. The Bertz CT molecular complexity index is 3270. The van der Waals surface area contributed by atoms with E-state index in [1.54, 1.807) is 0 Å². The highest BCUT2D eigenvalue weighted by molar-refractivity contribution is 7.77. The van der Waals surface area contributed by atoms with Gasteiger partial charge in [0, 0.05) is 51.5 Å². The number of hydrogen-bond donors (Lipinski definition) is 0. The molecule has 0 radical (unpaired) electrons. The lowest BCUT2D eigenvalue weighted by Crippen LogP contribution is -2.34. The molecule has 0 unspecified atom stereocenters. The average molecular weight is 1050 g/mol. The van der Waals surface area contributed by atoms with E-state index in [1.165, 1.54) is 83.5 Å². The maximum Gasteiger partial charge on any atom is 0.163 e. The predicted molar refractivity (Wildman–Crippen MR) is 311 cm³/mol.